The monoisotopic (exact) mass is 298 g/mol. The van der Waals surface area contributed by atoms with Gasteiger partial charge in [-0.3, -0.25) is 4.79 Å². The van der Waals surface area contributed by atoms with Crippen molar-refractivity contribution in [2.45, 2.75) is 25.3 Å². The number of halogens is 1. The number of carbonyl (C=O) groups excluding carboxylic acids is 1. The standard InChI is InChI=1S/C18H19FN2O/c1-12-9-15(13-5-7-16(19)8-6-13)11-21(12)18(22)14-3-2-4-17(20)10-14/h2-8,10,12,15H,9,11,20H2,1H3. The molecule has 2 unspecified atom stereocenters. The number of anilines is 1. The SMILES string of the molecule is CC1CC(c2ccc(F)cc2)CN1C(=O)c1cccc(N)c1. The van der Waals surface area contributed by atoms with Crippen molar-refractivity contribution in [3.63, 3.8) is 0 Å². The van der Waals surface area contributed by atoms with Crippen molar-refractivity contribution in [3.8, 4) is 0 Å². The van der Waals surface area contributed by atoms with Gasteiger partial charge < -0.3 is 10.6 Å². The summed E-state index contributed by atoms with van der Waals surface area (Å²) in [7, 11) is 0. The molecular formula is C18H19FN2O. The van der Waals surface area contributed by atoms with Gasteiger partial charge in [-0.1, -0.05) is 18.2 Å². The zero-order valence-corrected chi connectivity index (χ0v) is 12.5. The lowest BCUT2D eigenvalue weighted by Gasteiger charge is -2.21. The maximum Gasteiger partial charge on any atom is 0.254 e. The van der Waals surface area contributed by atoms with E-state index >= 15 is 0 Å². The van der Waals surface area contributed by atoms with E-state index < -0.39 is 0 Å². The number of likely N-dealkylation sites (tertiary alicyclic amines) is 1. The van der Waals surface area contributed by atoms with Gasteiger partial charge in [0.15, 0.2) is 0 Å². The van der Waals surface area contributed by atoms with Crippen LogP contribution >= 0.6 is 0 Å². The van der Waals surface area contributed by atoms with Gasteiger partial charge in [0, 0.05) is 29.8 Å². The Morgan fingerprint density at radius 1 is 1.23 bits per heavy atom. The molecule has 2 atom stereocenters. The molecule has 1 fully saturated rings. The minimum atomic E-state index is -0.234. The van der Waals surface area contributed by atoms with Gasteiger partial charge in [-0.05, 0) is 49.2 Å². The molecule has 0 aliphatic carbocycles. The first-order valence-corrected chi connectivity index (χ1v) is 7.46. The summed E-state index contributed by atoms with van der Waals surface area (Å²) in [6.07, 6.45) is 0.889. The van der Waals surface area contributed by atoms with Crippen molar-refractivity contribution < 1.29 is 9.18 Å². The summed E-state index contributed by atoms with van der Waals surface area (Å²) in [6, 6.07) is 13.8. The predicted molar refractivity (Wildman–Crippen MR) is 85.1 cm³/mol. The molecule has 1 heterocycles. The molecule has 0 saturated carbocycles. The van der Waals surface area contributed by atoms with Crippen LogP contribution in [0.3, 0.4) is 0 Å². The average Bonchev–Trinajstić information content (AvgIpc) is 2.89. The topological polar surface area (TPSA) is 46.3 Å². The first-order chi connectivity index (χ1) is 10.5. The summed E-state index contributed by atoms with van der Waals surface area (Å²) in [5, 5.41) is 0. The Kier molecular flexibility index (Phi) is 3.84. The Bertz CT molecular complexity index is 684. The molecule has 4 heteroatoms. The largest absolute Gasteiger partial charge is 0.399 e. The van der Waals surface area contributed by atoms with Crippen molar-refractivity contribution in [1.29, 1.82) is 0 Å². The Morgan fingerprint density at radius 2 is 1.95 bits per heavy atom. The summed E-state index contributed by atoms with van der Waals surface area (Å²) in [6.45, 7) is 2.70. The number of rotatable bonds is 2. The smallest absolute Gasteiger partial charge is 0.254 e. The lowest BCUT2D eigenvalue weighted by atomic mass is 9.97. The molecular weight excluding hydrogens is 279 g/mol. The normalized spacial score (nSPS) is 21.1. The molecule has 1 amide bonds. The van der Waals surface area contributed by atoms with Gasteiger partial charge >= 0.3 is 0 Å². The van der Waals surface area contributed by atoms with E-state index in [0.717, 1.165) is 12.0 Å². The molecule has 0 aromatic heterocycles. The summed E-state index contributed by atoms with van der Waals surface area (Å²) in [5.41, 5.74) is 8.04. The van der Waals surface area contributed by atoms with Crippen LogP contribution in [0.5, 0.6) is 0 Å². The molecule has 1 saturated heterocycles. The second kappa shape index (κ2) is 5.79. The number of nitrogens with zero attached hydrogens (tertiary/aromatic N) is 1. The number of amides is 1. The summed E-state index contributed by atoms with van der Waals surface area (Å²) in [5.74, 6) is 0.0208. The minimum absolute atomic E-state index is 0.00408. The van der Waals surface area contributed by atoms with Crippen molar-refractivity contribution in [2.24, 2.45) is 0 Å². The van der Waals surface area contributed by atoms with E-state index in [1.54, 1.807) is 36.4 Å². The van der Waals surface area contributed by atoms with E-state index in [2.05, 4.69) is 0 Å². The molecule has 1 aliphatic heterocycles. The molecule has 0 radical (unpaired) electrons. The molecule has 22 heavy (non-hydrogen) atoms. The molecule has 0 bridgehead atoms. The van der Waals surface area contributed by atoms with Gasteiger partial charge in [-0.2, -0.15) is 0 Å². The third-order valence-corrected chi connectivity index (χ3v) is 4.31. The molecule has 3 nitrogen and oxygen atoms in total. The summed E-state index contributed by atoms with van der Waals surface area (Å²) < 4.78 is 13.0. The van der Waals surface area contributed by atoms with Gasteiger partial charge in [-0.15, -0.1) is 0 Å². The van der Waals surface area contributed by atoms with Gasteiger partial charge in [0.1, 0.15) is 5.82 Å². The molecule has 3 rings (SSSR count). The van der Waals surface area contributed by atoms with Crippen LogP contribution in [0.1, 0.15) is 35.2 Å². The van der Waals surface area contributed by atoms with Crippen LogP contribution in [0.25, 0.3) is 0 Å². The lowest BCUT2D eigenvalue weighted by molar-refractivity contribution is 0.0746. The Labute approximate surface area is 129 Å². The number of benzene rings is 2. The molecule has 0 spiro atoms. The van der Waals surface area contributed by atoms with E-state index in [1.807, 2.05) is 11.8 Å². The third-order valence-electron chi connectivity index (χ3n) is 4.31. The quantitative estimate of drug-likeness (QED) is 0.863. The highest BCUT2D eigenvalue weighted by atomic mass is 19.1. The molecule has 2 aromatic rings. The van der Waals surface area contributed by atoms with Crippen LogP contribution in [0.2, 0.25) is 0 Å². The molecule has 2 aromatic carbocycles. The number of hydrogen-bond donors (Lipinski definition) is 1. The zero-order chi connectivity index (χ0) is 15.7. The minimum Gasteiger partial charge on any atom is -0.399 e. The van der Waals surface area contributed by atoms with E-state index in [4.69, 9.17) is 5.73 Å². The Hall–Kier alpha value is -2.36. The summed E-state index contributed by atoms with van der Waals surface area (Å²) >= 11 is 0. The highest BCUT2D eigenvalue weighted by Crippen LogP contribution is 2.32. The molecule has 1 aliphatic rings. The van der Waals surface area contributed by atoms with Crippen molar-refractivity contribution in [2.75, 3.05) is 12.3 Å². The van der Waals surface area contributed by atoms with Crippen molar-refractivity contribution >= 4 is 11.6 Å². The predicted octanol–water partition coefficient (Wildman–Crippen LogP) is 3.43. The fraction of sp³-hybridized carbons (Fsp3) is 0.278. The maximum absolute atomic E-state index is 13.0. The number of carbonyl (C=O) groups is 1. The molecule has 114 valence electrons. The zero-order valence-electron chi connectivity index (χ0n) is 12.5. The Balaban J connectivity index is 1.78. The fourth-order valence-corrected chi connectivity index (χ4v) is 3.13. The lowest BCUT2D eigenvalue weighted by Crippen LogP contribution is -2.33. The third kappa shape index (κ3) is 2.82. The number of nitrogens with two attached hydrogens (primary N) is 1. The van der Waals surface area contributed by atoms with Gasteiger partial charge in [0.2, 0.25) is 0 Å². The highest BCUT2D eigenvalue weighted by Gasteiger charge is 2.33. The Morgan fingerprint density at radius 3 is 2.64 bits per heavy atom. The van der Waals surface area contributed by atoms with Gasteiger partial charge in [0.25, 0.3) is 5.91 Å². The van der Waals surface area contributed by atoms with E-state index in [0.29, 0.717) is 17.8 Å². The first kappa shape index (κ1) is 14.6. The van der Waals surface area contributed by atoms with Crippen molar-refractivity contribution in [1.82, 2.24) is 4.90 Å². The fourth-order valence-electron chi connectivity index (χ4n) is 3.13. The first-order valence-electron chi connectivity index (χ1n) is 7.46. The number of hydrogen-bond acceptors (Lipinski definition) is 2. The van der Waals surface area contributed by atoms with Crippen molar-refractivity contribution in [3.05, 3.63) is 65.5 Å². The van der Waals surface area contributed by atoms with Crippen LogP contribution in [-0.4, -0.2) is 23.4 Å². The summed E-state index contributed by atoms with van der Waals surface area (Å²) in [4.78, 5) is 14.5. The molecule has 2 N–H and O–H groups in total. The van der Waals surface area contributed by atoms with Crippen LogP contribution < -0.4 is 5.73 Å². The number of nitrogen functional groups attached to an aromatic ring is 1. The van der Waals surface area contributed by atoms with E-state index in [1.165, 1.54) is 12.1 Å². The second-order valence-electron chi connectivity index (χ2n) is 5.92. The van der Waals surface area contributed by atoms with Crippen LogP contribution in [-0.2, 0) is 0 Å². The van der Waals surface area contributed by atoms with Crippen LogP contribution in [0, 0.1) is 5.82 Å². The van der Waals surface area contributed by atoms with Crippen LogP contribution in [0.15, 0.2) is 48.5 Å². The highest BCUT2D eigenvalue weighted by molar-refractivity contribution is 5.95. The van der Waals surface area contributed by atoms with Crippen LogP contribution in [0.4, 0.5) is 10.1 Å². The van der Waals surface area contributed by atoms with E-state index in [-0.39, 0.29) is 23.7 Å². The van der Waals surface area contributed by atoms with E-state index in [9.17, 15) is 9.18 Å². The average molecular weight is 298 g/mol. The van der Waals surface area contributed by atoms with Gasteiger partial charge in [0.05, 0.1) is 0 Å². The van der Waals surface area contributed by atoms with Gasteiger partial charge in [-0.25, -0.2) is 4.39 Å². The second-order valence-corrected chi connectivity index (χ2v) is 5.92. The maximum atomic E-state index is 13.0.